The lowest BCUT2D eigenvalue weighted by molar-refractivity contribution is -0.139. The number of amides is 1. The van der Waals surface area contributed by atoms with Crippen LogP contribution in [0.5, 0.6) is 0 Å². The molecule has 1 unspecified atom stereocenters. The van der Waals surface area contributed by atoms with Crippen LogP contribution in [-0.2, 0) is 14.3 Å². The van der Waals surface area contributed by atoms with Crippen molar-refractivity contribution < 1.29 is 14.3 Å². The molecule has 2 heterocycles. The lowest BCUT2D eigenvalue weighted by atomic mass is 9.94. The molecule has 0 saturated carbocycles. The fourth-order valence-corrected chi connectivity index (χ4v) is 4.07. The number of allylic oxidation sites excluding steroid dienone is 1. The zero-order chi connectivity index (χ0) is 18.0. The lowest BCUT2D eigenvalue weighted by Crippen LogP contribution is -2.45. The van der Waals surface area contributed by atoms with Crippen molar-refractivity contribution >= 4 is 40.4 Å². The number of hydrogen-bond acceptors (Lipinski definition) is 5. The Kier molecular flexibility index (Phi) is 5.30. The molecule has 1 atom stereocenters. The first-order valence-corrected chi connectivity index (χ1v) is 9.17. The number of hydrogen-bond donors (Lipinski definition) is 0. The molecular formula is C18H17ClN2O3S. The van der Waals surface area contributed by atoms with Crippen molar-refractivity contribution in [1.82, 2.24) is 4.90 Å². The summed E-state index contributed by atoms with van der Waals surface area (Å²) < 4.78 is 5.24. The SMILES string of the molecule is C=CCOC(=O)C1=C(C)N=C2SCCC(=O)N2C1c1cccc(Cl)c1. The Balaban J connectivity index is 2.13. The van der Waals surface area contributed by atoms with Crippen LogP contribution in [0.25, 0.3) is 0 Å². The molecule has 1 fully saturated rings. The van der Waals surface area contributed by atoms with E-state index in [0.29, 0.717) is 33.6 Å². The van der Waals surface area contributed by atoms with Gasteiger partial charge in [0.15, 0.2) is 5.17 Å². The van der Waals surface area contributed by atoms with E-state index in [1.165, 1.54) is 17.8 Å². The van der Waals surface area contributed by atoms with E-state index in [0.717, 1.165) is 5.56 Å². The summed E-state index contributed by atoms with van der Waals surface area (Å²) in [6.07, 6.45) is 1.90. The summed E-state index contributed by atoms with van der Waals surface area (Å²) in [5, 5.41) is 1.15. The molecule has 2 aliphatic heterocycles. The second kappa shape index (κ2) is 7.45. The number of ether oxygens (including phenoxy) is 1. The average molecular weight is 377 g/mol. The van der Waals surface area contributed by atoms with Gasteiger partial charge in [-0.05, 0) is 24.6 Å². The number of rotatable bonds is 4. The summed E-state index contributed by atoms with van der Waals surface area (Å²) in [5.74, 6) is 0.109. The van der Waals surface area contributed by atoms with Crippen molar-refractivity contribution in [3.8, 4) is 0 Å². The Morgan fingerprint density at radius 3 is 3.08 bits per heavy atom. The number of halogens is 1. The standard InChI is InChI=1S/C18H17ClN2O3S/c1-3-8-24-17(23)15-11(2)20-18-21(14(22)7-9-25-18)16(15)12-5-4-6-13(19)10-12/h3-6,10,16H,1,7-9H2,2H3. The predicted octanol–water partition coefficient (Wildman–Crippen LogP) is 3.72. The third-order valence-electron chi connectivity index (χ3n) is 3.92. The zero-order valence-corrected chi connectivity index (χ0v) is 15.3. The zero-order valence-electron chi connectivity index (χ0n) is 13.7. The van der Waals surface area contributed by atoms with Crippen LogP contribution in [0.15, 0.2) is 53.2 Å². The summed E-state index contributed by atoms with van der Waals surface area (Å²) in [6, 6.07) is 6.56. The highest BCUT2D eigenvalue weighted by Crippen LogP contribution is 2.40. The van der Waals surface area contributed by atoms with Crippen molar-refractivity contribution in [1.29, 1.82) is 0 Å². The highest BCUT2D eigenvalue weighted by atomic mass is 35.5. The first-order valence-electron chi connectivity index (χ1n) is 7.80. The number of nitrogens with zero attached hydrogens (tertiary/aromatic N) is 2. The van der Waals surface area contributed by atoms with Crippen LogP contribution >= 0.6 is 23.4 Å². The third-order valence-corrected chi connectivity index (χ3v) is 5.11. The fraction of sp³-hybridized carbons (Fsp3) is 0.278. The fourth-order valence-electron chi connectivity index (χ4n) is 2.86. The Morgan fingerprint density at radius 1 is 1.56 bits per heavy atom. The van der Waals surface area contributed by atoms with Crippen molar-refractivity contribution in [3.05, 3.63) is 58.8 Å². The van der Waals surface area contributed by atoms with Crippen LogP contribution < -0.4 is 0 Å². The van der Waals surface area contributed by atoms with Gasteiger partial charge in [0.05, 0.1) is 17.3 Å². The summed E-state index contributed by atoms with van der Waals surface area (Å²) in [7, 11) is 0. The monoisotopic (exact) mass is 376 g/mol. The van der Waals surface area contributed by atoms with E-state index >= 15 is 0 Å². The molecule has 0 spiro atoms. The van der Waals surface area contributed by atoms with E-state index in [9.17, 15) is 9.59 Å². The number of thioether (sulfide) groups is 1. The summed E-state index contributed by atoms with van der Waals surface area (Å²) in [4.78, 5) is 31.3. The Morgan fingerprint density at radius 2 is 2.36 bits per heavy atom. The van der Waals surface area contributed by atoms with Crippen LogP contribution in [0.4, 0.5) is 0 Å². The first-order chi connectivity index (χ1) is 12.0. The summed E-state index contributed by atoms with van der Waals surface area (Å²) in [6.45, 7) is 5.41. The maximum absolute atomic E-state index is 12.6. The molecule has 1 aromatic rings. The largest absolute Gasteiger partial charge is 0.458 e. The molecule has 1 aromatic carbocycles. The van der Waals surface area contributed by atoms with Gasteiger partial charge >= 0.3 is 5.97 Å². The van der Waals surface area contributed by atoms with Gasteiger partial charge in [0.1, 0.15) is 6.61 Å². The molecule has 1 amide bonds. The molecule has 7 heteroatoms. The molecule has 0 N–H and O–H groups in total. The van der Waals surface area contributed by atoms with Gasteiger partial charge in [0, 0.05) is 17.2 Å². The van der Waals surface area contributed by atoms with Crippen molar-refractivity contribution in [2.45, 2.75) is 19.4 Å². The molecule has 0 aliphatic carbocycles. The van der Waals surface area contributed by atoms with Gasteiger partial charge in [-0.25, -0.2) is 9.79 Å². The van der Waals surface area contributed by atoms with Gasteiger partial charge in [-0.2, -0.15) is 0 Å². The molecule has 1 saturated heterocycles. The summed E-state index contributed by atoms with van der Waals surface area (Å²) in [5.41, 5.74) is 1.65. The highest BCUT2D eigenvalue weighted by molar-refractivity contribution is 8.14. The molecule has 0 radical (unpaired) electrons. The number of amidine groups is 1. The number of benzene rings is 1. The second-order valence-corrected chi connectivity index (χ2v) is 7.10. The number of carbonyl (C=O) groups is 2. The van der Waals surface area contributed by atoms with Gasteiger partial charge < -0.3 is 4.74 Å². The van der Waals surface area contributed by atoms with Crippen molar-refractivity contribution in [2.24, 2.45) is 4.99 Å². The van der Waals surface area contributed by atoms with Gasteiger partial charge in [-0.15, -0.1) is 0 Å². The average Bonchev–Trinajstić information content (AvgIpc) is 2.58. The Bertz CT molecular complexity index is 803. The van der Waals surface area contributed by atoms with Crippen molar-refractivity contribution in [2.75, 3.05) is 12.4 Å². The van der Waals surface area contributed by atoms with E-state index in [1.54, 1.807) is 30.0 Å². The number of carbonyl (C=O) groups excluding carboxylic acids is 2. The number of esters is 1. The second-order valence-electron chi connectivity index (χ2n) is 5.60. The minimum Gasteiger partial charge on any atom is -0.458 e. The predicted molar refractivity (Wildman–Crippen MR) is 99.4 cm³/mol. The molecule has 2 aliphatic rings. The third kappa shape index (κ3) is 3.50. The quantitative estimate of drug-likeness (QED) is 0.593. The summed E-state index contributed by atoms with van der Waals surface area (Å²) >= 11 is 7.65. The van der Waals surface area contributed by atoms with Crippen LogP contribution in [0.1, 0.15) is 24.9 Å². The normalized spacial score (nSPS) is 20.1. The van der Waals surface area contributed by atoms with Gasteiger partial charge in [0.2, 0.25) is 5.91 Å². The molecule has 25 heavy (non-hydrogen) atoms. The maximum Gasteiger partial charge on any atom is 0.338 e. The van der Waals surface area contributed by atoms with E-state index < -0.39 is 12.0 Å². The highest BCUT2D eigenvalue weighted by Gasteiger charge is 2.41. The molecule has 3 rings (SSSR count). The Hall–Kier alpha value is -2.05. The number of fused-ring (bicyclic) bond motifs is 1. The van der Waals surface area contributed by atoms with Gasteiger partial charge in [-0.3, -0.25) is 9.69 Å². The molecule has 5 nitrogen and oxygen atoms in total. The van der Waals surface area contributed by atoms with Crippen molar-refractivity contribution in [3.63, 3.8) is 0 Å². The van der Waals surface area contributed by atoms with E-state index in [-0.39, 0.29) is 12.5 Å². The minimum atomic E-state index is -0.594. The molecule has 130 valence electrons. The van der Waals surface area contributed by atoms with Crippen LogP contribution in [0, 0.1) is 0 Å². The minimum absolute atomic E-state index is 0.0657. The first kappa shape index (κ1) is 17.8. The smallest absolute Gasteiger partial charge is 0.338 e. The maximum atomic E-state index is 12.6. The molecule has 0 bridgehead atoms. The van der Waals surface area contributed by atoms with E-state index in [4.69, 9.17) is 16.3 Å². The Labute approximate surface area is 155 Å². The van der Waals surface area contributed by atoms with Crippen LogP contribution in [0.3, 0.4) is 0 Å². The van der Waals surface area contributed by atoms with Gasteiger partial charge in [-0.1, -0.05) is 48.2 Å². The molecular weight excluding hydrogens is 360 g/mol. The van der Waals surface area contributed by atoms with Gasteiger partial charge in [0.25, 0.3) is 0 Å². The van der Waals surface area contributed by atoms with Crippen LogP contribution in [0.2, 0.25) is 5.02 Å². The van der Waals surface area contributed by atoms with Crippen LogP contribution in [-0.4, -0.2) is 34.3 Å². The molecule has 0 aromatic heterocycles. The topological polar surface area (TPSA) is 59.0 Å². The lowest BCUT2D eigenvalue weighted by Gasteiger charge is -2.38. The number of aliphatic imine (C=N–C) groups is 1. The van der Waals surface area contributed by atoms with E-state index in [1.807, 2.05) is 6.07 Å². The van der Waals surface area contributed by atoms with E-state index in [2.05, 4.69) is 11.6 Å².